The van der Waals surface area contributed by atoms with E-state index in [9.17, 15) is 9.59 Å². The maximum absolute atomic E-state index is 17.4. The Hall–Kier alpha value is -5.47. The zero-order valence-corrected chi connectivity index (χ0v) is 37.4. The minimum atomic E-state index is -1.90. The van der Waals surface area contributed by atoms with Crippen LogP contribution < -0.4 is 25.2 Å². The molecule has 1 amide bonds. The Morgan fingerprint density at radius 3 is 1.98 bits per heavy atom. The highest BCUT2D eigenvalue weighted by atomic mass is 31.2. The van der Waals surface area contributed by atoms with Crippen LogP contribution >= 0.6 is 8.53 Å². The van der Waals surface area contributed by atoms with Gasteiger partial charge in [-0.3, -0.25) is 9.36 Å². The van der Waals surface area contributed by atoms with Crippen molar-refractivity contribution in [3.63, 3.8) is 0 Å². The van der Waals surface area contributed by atoms with Crippen molar-refractivity contribution in [2.24, 2.45) is 0 Å². The third-order valence-electron chi connectivity index (χ3n) is 10.4. The third kappa shape index (κ3) is 11.4. The summed E-state index contributed by atoms with van der Waals surface area (Å²) in [5.41, 5.74) is 0.188. The van der Waals surface area contributed by atoms with Gasteiger partial charge in [0.2, 0.25) is 0 Å². The summed E-state index contributed by atoms with van der Waals surface area (Å²) in [5.74, 6) is 1.25. The molecule has 6 rings (SSSR count). The summed E-state index contributed by atoms with van der Waals surface area (Å²) in [7, 11) is 1.33. The van der Waals surface area contributed by atoms with E-state index in [1.807, 2.05) is 113 Å². The zero-order chi connectivity index (χ0) is 44.9. The molecule has 1 N–H and O–H groups in total. The number of alkyl halides is 1. The van der Waals surface area contributed by atoms with Gasteiger partial charge < -0.3 is 38.0 Å². The minimum absolute atomic E-state index is 0.0331. The van der Waals surface area contributed by atoms with Crippen LogP contribution in [0.3, 0.4) is 0 Å². The first-order chi connectivity index (χ1) is 30.5. The Labute approximate surface area is 369 Å². The number of amides is 1. The highest BCUT2D eigenvalue weighted by molar-refractivity contribution is 7.44. The molecule has 0 bridgehead atoms. The lowest BCUT2D eigenvalue weighted by molar-refractivity contribution is -0.118. The number of anilines is 1. The van der Waals surface area contributed by atoms with E-state index in [2.05, 4.69) is 21.6 Å². The van der Waals surface area contributed by atoms with E-state index in [1.54, 1.807) is 44.6 Å². The van der Waals surface area contributed by atoms with Crippen LogP contribution in [0.4, 0.5) is 10.2 Å². The number of halogens is 1. The number of benzene rings is 4. The number of hydrogen-bond donors (Lipinski definition) is 1. The van der Waals surface area contributed by atoms with Gasteiger partial charge in [-0.25, -0.2) is 13.9 Å². The fourth-order valence-electron chi connectivity index (χ4n) is 7.42. The first kappa shape index (κ1) is 47.0. The van der Waals surface area contributed by atoms with Crippen LogP contribution in [0.15, 0.2) is 139 Å². The first-order valence-corrected chi connectivity index (χ1v) is 22.0. The van der Waals surface area contributed by atoms with Crippen molar-refractivity contribution >= 4 is 20.3 Å². The van der Waals surface area contributed by atoms with E-state index in [1.165, 1.54) is 12.3 Å². The number of ether oxygens (including phenoxy) is 5. The molecule has 0 spiro atoms. The Bertz CT molecular complexity index is 2210. The second-order valence-corrected chi connectivity index (χ2v) is 16.7. The molecule has 5 aromatic rings. The van der Waals surface area contributed by atoms with Crippen molar-refractivity contribution in [2.75, 3.05) is 39.4 Å². The normalized spacial score (nSPS) is 18.1. The molecule has 1 aromatic heterocycles. The average molecular weight is 883 g/mol. The highest BCUT2D eigenvalue weighted by Gasteiger charge is 2.51. The molecular formula is C48H56FN4O9P. The molecule has 334 valence electrons. The number of methoxy groups -OCH3 is 2. The number of aromatic nitrogens is 2. The highest BCUT2D eigenvalue weighted by Crippen LogP contribution is 2.51. The number of nitrogens with zero attached hydrogens (tertiary/aromatic N) is 3. The molecule has 5 atom stereocenters. The van der Waals surface area contributed by atoms with Crippen molar-refractivity contribution in [1.29, 1.82) is 0 Å². The molecule has 13 nitrogen and oxygen atoms in total. The summed E-state index contributed by atoms with van der Waals surface area (Å²) in [6.45, 7) is 11.7. The Morgan fingerprint density at radius 2 is 1.44 bits per heavy atom. The monoisotopic (exact) mass is 882 g/mol. The summed E-state index contributed by atoms with van der Waals surface area (Å²) >= 11 is 0. The molecule has 1 saturated heterocycles. The Morgan fingerprint density at radius 1 is 0.873 bits per heavy atom. The van der Waals surface area contributed by atoms with Crippen molar-refractivity contribution in [3.8, 4) is 17.2 Å². The van der Waals surface area contributed by atoms with Crippen LogP contribution in [-0.4, -0.2) is 84.6 Å². The maximum Gasteiger partial charge on any atom is 0.351 e. The Kier molecular flexibility index (Phi) is 16.6. The minimum Gasteiger partial charge on any atom is -0.497 e. The topological polar surface area (TPSA) is 132 Å². The van der Waals surface area contributed by atoms with Gasteiger partial charge in [-0.15, -0.1) is 6.58 Å². The summed E-state index contributed by atoms with van der Waals surface area (Å²) in [4.78, 5) is 30.5. The zero-order valence-electron chi connectivity index (χ0n) is 36.5. The van der Waals surface area contributed by atoms with Crippen molar-refractivity contribution in [2.45, 2.75) is 76.4 Å². The molecule has 0 radical (unpaired) electrons. The van der Waals surface area contributed by atoms with Gasteiger partial charge in [0.05, 0.1) is 27.4 Å². The SMILES string of the molecule is C=CCCOP(OC1C(COC(c2ccccc2)(c2ccc(OC)cc2)c2ccc(OC)cc2)OC(n2ccc(NC(=O)COc3ccccc3)nc2=O)C1F)N(C(C)C)C(C)C. The number of hydrogen-bond acceptors (Lipinski definition) is 11. The molecule has 1 fully saturated rings. The van der Waals surface area contributed by atoms with E-state index in [0.717, 1.165) is 21.3 Å². The van der Waals surface area contributed by atoms with Gasteiger partial charge in [0.1, 0.15) is 40.9 Å². The molecule has 0 saturated carbocycles. The van der Waals surface area contributed by atoms with E-state index < -0.39 is 50.3 Å². The number of carbonyl (C=O) groups is 1. The van der Waals surface area contributed by atoms with Crippen LogP contribution in [0.25, 0.3) is 0 Å². The predicted octanol–water partition coefficient (Wildman–Crippen LogP) is 8.85. The molecule has 1 aliphatic rings. The van der Waals surface area contributed by atoms with Gasteiger partial charge in [0.25, 0.3) is 14.4 Å². The van der Waals surface area contributed by atoms with Gasteiger partial charge >= 0.3 is 5.69 Å². The summed E-state index contributed by atoms with van der Waals surface area (Å²) in [5, 5.41) is 2.57. The lowest BCUT2D eigenvalue weighted by Crippen LogP contribution is -2.41. The molecule has 1 aliphatic heterocycles. The van der Waals surface area contributed by atoms with Crippen molar-refractivity contribution < 1.29 is 41.9 Å². The van der Waals surface area contributed by atoms with Crippen LogP contribution in [0.1, 0.15) is 57.0 Å². The first-order valence-electron chi connectivity index (χ1n) is 20.8. The smallest absolute Gasteiger partial charge is 0.351 e. The van der Waals surface area contributed by atoms with E-state index in [4.69, 9.17) is 32.7 Å². The van der Waals surface area contributed by atoms with E-state index >= 15 is 4.39 Å². The van der Waals surface area contributed by atoms with Crippen LogP contribution in [-0.2, 0) is 28.9 Å². The molecule has 2 heterocycles. The number of carbonyl (C=O) groups excluding carboxylic acids is 1. The Balaban J connectivity index is 1.38. The van der Waals surface area contributed by atoms with Crippen molar-refractivity contribution in [1.82, 2.24) is 14.2 Å². The van der Waals surface area contributed by atoms with Crippen LogP contribution in [0.2, 0.25) is 0 Å². The number of nitrogens with one attached hydrogen (secondary N) is 1. The predicted molar refractivity (Wildman–Crippen MR) is 241 cm³/mol. The second-order valence-electron chi connectivity index (χ2n) is 15.3. The van der Waals surface area contributed by atoms with Gasteiger partial charge in [0.15, 0.2) is 19.0 Å². The summed E-state index contributed by atoms with van der Waals surface area (Å²) in [6.07, 6.45) is -2.13. The number of para-hydroxylation sites is 1. The summed E-state index contributed by atoms with van der Waals surface area (Å²) < 4.78 is 64.0. The van der Waals surface area contributed by atoms with Crippen LogP contribution in [0.5, 0.6) is 17.2 Å². The third-order valence-corrected chi connectivity index (χ3v) is 12.5. The lowest BCUT2D eigenvalue weighted by atomic mass is 9.80. The number of rotatable bonds is 22. The largest absolute Gasteiger partial charge is 0.497 e. The van der Waals surface area contributed by atoms with Gasteiger partial charge in [-0.2, -0.15) is 4.98 Å². The fraction of sp³-hybridized carbons (Fsp3) is 0.354. The quantitative estimate of drug-likeness (QED) is 0.0310. The van der Waals surface area contributed by atoms with Gasteiger partial charge in [0, 0.05) is 18.3 Å². The standard InChI is InChI=1S/C48H56FN4O9P/c1-8-9-30-60-63(53(33(2)3)34(4)5)62-45-41(61-46(44(45)49)52-29-28-42(51-47(52)55)50-43(54)32-58-40-18-14-11-15-19-40)31-59-48(35-16-12-10-13-17-35,36-20-24-38(56-6)25-21-36)37-22-26-39(57-7)27-23-37/h8,10-29,33-34,41,44-46H,1,9,30-32H2,2-7H3,(H,50,51,54,55). The van der Waals surface area contributed by atoms with Crippen molar-refractivity contribution in [3.05, 3.63) is 161 Å². The molecule has 15 heteroatoms. The molecule has 4 aromatic carbocycles. The van der Waals surface area contributed by atoms with Gasteiger partial charge in [-0.05, 0) is 93.3 Å². The molecule has 5 unspecified atom stereocenters. The molecule has 0 aliphatic carbocycles. The van der Waals surface area contributed by atoms with Gasteiger partial charge in [-0.1, -0.05) is 78.9 Å². The van der Waals surface area contributed by atoms with E-state index in [-0.39, 0.29) is 31.1 Å². The molecule has 63 heavy (non-hydrogen) atoms. The van der Waals surface area contributed by atoms with Crippen LogP contribution in [0, 0.1) is 0 Å². The second kappa shape index (κ2) is 22.2. The van der Waals surface area contributed by atoms with E-state index in [0.29, 0.717) is 30.3 Å². The molecular weight excluding hydrogens is 827 g/mol. The maximum atomic E-state index is 17.4. The summed E-state index contributed by atoms with van der Waals surface area (Å²) in [6, 6.07) is 35.0. The fourth-order valence-corrected chi connectivity index (χ4v) is 9.20. The lowest BCUT2D eigenvalue weighted by Gasteiger charge is -2.39. The average Bonchev–Trinajstić information content (AvgIpc) is 3.60.